The zero-order valence-electron chi connectivity index (χ0n) is 14.7. The van der Waals surface area contributed by atoms with E-state index in [9.17, 15) is 4.79 Å². The van der Waals surface area contributed by atoms with Crippen LogP contribution in [0.15, 0.2) is 0 Å². The topological polar surface area (TPSA) is 47.6 Å². The molecule has 2 saturated carbocycles. The summed E-state index contributed by atoms with van der Waals surface area (Å²) in [6, 6.07) is 0.320. The number of fused-ring (bicyclic) bond motifs is 2. The molecule has 0 aromatic rings. The van der Waals surface area contributed by atoms with E-state index in [-0.39, 0.29) is 6.09 Å². The van der Waals surface area contributed by atoms with E-state index in [2.05, 4.69) is 5.32 Å². The van der Waals surface area contributed by atoms with Crippen LogP contribution in [0.5, 0.6) is 0 Å². The summed E-state index contributed by atoms with van der Waals surface area (Å²) in [6.07, 6.45) is 7.17. The molecule has 0 radical (unpaired) electrons. The Kier molecular flexibility index (Phi) is 6.13. The largest absolute Gasteiger partial charge is 0.444 e. The Morgan fingerprint density at radius 1 is 1.18 bits per heavy atom. The van der Waals surface area contributed by atoms with Gasteiger partial charge in [0.15, 0.2) is 0 Å². The fourth-order valence-corrected chi connectivity index (χ4v) is 4.22. The Morgan fingerprint density at radius 3 is 2.59 bits per heavy atom. The molecule has 2 fully saturated rings. The van der Waals surface area contributed by atoms with Crippen molar-refractivity contribution in [2.24, 2.45) is 17.8 Å². The van der Waals surface area contributed by atoms with Gasteiger partial charge in [0.05, 0.1) is 0 Å². The molecule has 4 unspecified atom stereocenters. The lowest BCUT2D eigenvalue weighted by Crippen LogP contribution is -2.46. The summed E-state index contributed by atoms with van der Waals surface area (Å²) in [4.78, 5) is 12.1. The van der Waals surface area contributed by atoms with E-state index in [1.54, 1.807) is 0 Å². The normalized spacial score (nSPS) is 30.5. The number of carbonyl (C=O) groups excluding carboxylic acids is 1. The molecule has 0 aromatic heterocycles. The van der Waals surface area contributed by atoms with Crippen molar-refractivity contribution in [2.75, 3.05) is 13.2 Å². The van der Waals surface area contributed by atoms with Gasteiger partial charge in [-0.15, -0.1) is 0 Å². The molecule has 4 nitrogen and oxygen atoms in total. The van der Waals surface area contributed by atoms with Crippen LogP contribution in [0.1, 0.15) is 66.2 Å². The third-order valence-electron chi connectivity index (χ3n) is 5.05. The molecule has 0 saturated heterocycles. The van der Waals surface area contributed by atoms with E-state index >= 15 is 0 Å². The average molecular weight is 311 g/mol. The monoisotopic (exact) mass is 311 g/mol. The number of hydrogen-bond acceptors (Lipinski definition) is 3. The van der Waals surface area contributed by atoms with Gasteiger partial charge in [-0.05, 0) is 77.6 Å². The van der Waals surface area contributed by atoms with E-state index in [1.807, 2.05) is 27.7 Å². The summed E-state index contributed by atoms with van der Waals surface area (Å²) < 4.78 is 10.9. The number of alkyl carbamates (subject to hydrolysis) is 1. The first-order chi connectivity index (χ1) is 10.4. The lowest BCUT2D eigenvalue weighted by molar-refractivity contribution is 0.0457. The third-order valence-corrected chi connectivity index (χ3v) is 5.05. The van der Waals surface area contributed by atoms with E-state index in [0.29, 0.717) is 17.9 Å². The highest BCUT2D eigenvalue weighted by atomic mass is 16.6. The van der Waals surface area contributed by atoms with Crippen molar-refractivity contribution in [3.8, 4) is 0 Å². The summed E-state index contributed by atoms with van der Waals surface area (Å²) in [5, 5.41) is 3.18. The Bertz CT molecular complexity index is 364. The Hall–Kier alpha value is -0.770. The second-order valence-corrected chi connectivity index (χ2v) is 7.86. The van der Waals surface area contributed by atoms with Crippen molar-refractivity contribution in [1.29, 1.82) is 0 Å². The maximum absolute atomic E-state index is 12.1. The van der Waals surface area contributed by atoms with Crippen LogP contribution in [0.25, 0.3) is 0 Å². The van der Waals surface area contributed by atoms with Gasteiger partial charge in [0.1, 0.15) is 5.60 Å². The Labute approximate surface area is 135 Å². The van der Waals surface area contributed by atoms with Crippen molar-refractivity contribution in [2.45, 2.75) is 77.9 Å². The minimum atomic E-state index is -0.422. The molecule has 128 valence electrons. The molecule has 0 aromatic carbocycles. The summed E-state index contributed by atoms with van der Waals surface area (Å²) in [6.45, 7) is 9.45. The van der Waals surface area contributed by atoms with Gasteiger partial charge >= 0.3 is 6.09 Å². The fourth-order valence-electron chi connectivity index (χ4n) is 4.22. The zero-order chi connectivity index (χ0) is 16.2. The van der Waals surface area contributed by atoms with Crippen LogP contribution < -0.4 is 5.32 Å². The summed E-state index contributed by atoms with van der Waals surface area (Å²) >= 11 is 0. The number of nitrogens with one attached hydrogen (secondary N) is 1. The third kappa shape index (κ3) is 4.87. The summed E-state index contributed by atoms with van der Waals surface area (Å²) in [7, 11) is 0. The van der Waals surface area contributed by atoms with Crippen LogP contribution in [0.2, 0.25) is 0 Å². The first-order valence-electron chi connectivity index (χ1n) is 8.98. The van der Waals surface area contributed by atoms with E-state index < -0.39 is 5.60 Å². The molecule has 2 rings (SSSR count). The van der Waals surface area contributed by atoms with E-state index in [4.69, 9.17) is 9.47 Å². The van der Waals surface area contributed by atoms with Gasteiger partial charge in [-0.1, -0.05) is 6.42 Å². The molecule has 1 N–H and O–H groups in total. The predicted octanol–water partition coefficient (Wildman–Crippen LogP) is 4.13. The van der Waals surface area contributed by atoms with Gasteiger partial charge in [0.25, 0.3) is 0 Å². The molecule has 22 heavy (non-hydrogen) atoms. The lowest BCUT2D eigenvalue weighted by Gasteiger charge is -2.32. The number of carbonyl (C=O) groups is 1. The molecule has 0 aliphatic heterocycles. The Morgan fingerprint density at radius 2 is 1.91 bits per heavy atom. The van der Waals surface area contributed by atoms with Gasteiger partial charge in [0, 0.05) is 19.3 Å². The number of hydrogen-bond donors (Lipinski definition) is 1. The number of unbranched alkanes of at least 4 members (excludes halogenated alkanes) is 1. The smallest absolute Gasteiger partial charge is 0.407 e. The highest BCUT2D eigenvalue weighted by Crippen LogP contribution is 2.50. The predicted molar refractivity (Wildman–Crippen MR) is 87.8 cm³/mol. The van der Waals surface area contributed by atoms with Crippen molar-refractivity contribution >= 4 is 6.09 Å². The molecule has 0 heterocycles. The first-order valence-corrected chi connectivity index (χ1v) is 8.98. The summed E-state index contributed by atoms with van der Waals surface area (Å²) in [5.41, 5.74) is -0.422. The van der Waals surface area contributed by atoms with Crippen LogP contribution in [0.3, 0.4) is 0 Å². The first kappa shape index (κ1) is 17.6. The van der Waals surface area contributed by atoms with Crippen molar-refractivity contribution < 1.29 is 14.3 Å². The zero-order valence-corrected chi connectivity index (χ0v) is 14.7. The van der Waals surface area contributed by atoms with Crippen molar-refractivity contribution in [3.05, 3.63) is 0 Å². The van der Waals surface area contributed by atoms with Gasteiger partial charge < -0.3 is 14.8 Å². The number of amides is 1. The second-order valence-electron chi connectivity index (χ2n) is 7.86. The standard InChI is InChI=1S/C18H33NO3/c1-5-21-11-7-6-8-15-13-9-10-14(12-13)16(15)19-17(20)22-18(2,3)4/h13-16H,5-12H2,1-4H3,(H,19,20). The molecule has 0 spiro atoms. The van der Waals surface area contributed by atoms with Crippen LogP contribution >= 0.6 is 0 Å². The highest BCUT2D eigenvalue weighted by Gasteiger charge is 2.47. The number of rotatable bonds is 7. The lowest BCUT2D eigenvalue weighted by atomic mass is 9.81. The molecule has 4 heteroatoms. The average Bonchev–Trinajstić information content (AvgIpc) is 2.98. The molecule has 1 amide bonds. The van der Waals surface area contributed by atoms with Gasteiger partial charge in [-0.3, -0.25) is 0 Å². The second kappa shape index (κ2) is 7.67. The molecule has 2 aliphatic rings. The minimum Gasteiger partial charge on any atom is -0.444 e. The van der Waals surface area contributed by atoms with E-state index in [1.165, 1.54) is 32.1 Å². The van der Waals surface area contributed by atoms with E-state index in [0.717, 1.165) is 25.6 Å². The van der Waals surface area contributed by atoms with Crippen LogP contribution in [-0.4, -0.2) is 30.9 Å². The van der Waals surface area contributed by atoms with Crippen LogP contribution in [0.4, 0.5) is 4.79 Å². The minimum absolute atomic E-state index is 0.246. The van der Waals surface area contributed by atoms with Gasteiger partial charge in [0.2, 0.25) is 0 Å². The van der Waals surface area contributed by atoms with Gasteiger partial charge in [-0.2, -0.15) is 0 Å². The fraction of sp³-hybridized carbons (Fsp3) is 0.944. The molecule has 4 atom stereocenters. The molecular formula is C18H33NO3. The van der Waals surface area contributed by atoms with Gasteiger partial charge in [-0.25, -0.2) is 4.79 Å². The maximum atomic E-state index is 12.1. The molecule has 2 aliphatic carbocycles. The molecular weight excluding hydrogens is 278 g/mol. The Balaban J connectivity index is 1.81. The summed E-state index contributed by atoms with van der Waals surface area (Å²) in [5.74, 6) is 2.10. The number of ether oxygens (including phenoxy) is 2. The van der Waals surface area contributed by atoms with Crippen LogP contribution in [-0.2, 0) is 9.47 Å². The van der Waals surface area contributed by atoms with Crippen molar-refractivity contribution in [1.82, 2.24) is 5.32 Å². The maximum Gasteiger partial charge on any atom is 0.407 e. The SMILES string of the molecule is CCOCCCCC1C2CCC(C2)C1NC(=O)OC(C)(C)C. The highest BCUT2D eigenvalue weighted by molar-refractivity contribution is 5.68. The quantitative estimate of drug-likeness (QED) is 0.719. The van der Waals surface area contributed by atoms with Crippen LogP contribution in [0, 0.1) is 17.8 Å². The van der Waals surface area contributed by atoms with Crippen molar-refractivity contribution in [3.63, 3.8) is 0 Å². The molecule has 2 bridgehead atoms.